The van der Waals surface area contributed by atoms with E-state index in [2.05, 4.69) is 30.8 Å². The Balaban J connectivity index is 1.46. The van der Waals surface area contributed by atoms with Crippen molar-refractivity contribution in [2.24, 2.45) is 0 Å². The van der Waals surface area contributed by atoms with E-state index in [0.29, 0.717) is 32.1 Å². The lowest BCUT2D eigenvalue weighted by molar-refractivity contribution is 0.122. The molecular weight excluding hydrogens is 344 g/mol. The molecule has 0 unspecified atom stereocenters. The third kappa shape index (κ3) is 5.55. The normalized spacial score (nSPS) is 13.9. The highest BCUT2D eigenvalue weighted by molar-refractivity contribution is 5.90. The first-order valence-corrected chi connectivity index (χ1v) is 9.14. The average Bonchev–Trinajstić information content (AvgIpc) is 2.67. The van der Waals surface area contributed by atoms with Crippen molar-refractivity contribution in [1.82, 2.24) is 15.3 Å². The van der Waals surface area contributed by atoms with Crippen LogP contribution in [0.3, 0.4) is 0 Å². The van der Waals surface area contributed by atoms with E-state index in [0.717, 1.165) is 36.0 Å². The number of rotatable bonds is 6. The fraction of sp³-hybridized carbons (Fsp3) is 0.421. The molecule has 2 aromatic rings. The zero-order valence-corrected chi connectivity index (χ0v) is 15.8. The monoisotopic (exact) mass is 370 g/mol. The Morgan fingerprint density at radius 1 is 1.15 bits per heavy atom. The van der Waals surface area contributed by atoms with Crippen molar-refractivity contribution in [3.63, 3.8) is 0 Å². The molecule has 0 radical (unpaired) electrons. The number of hydrogen-bond acceptors (Lipinski definition) is 6. The highest BCUT2D eigenvalue weighted by Crippen LogP contribution is 2.17. The van der Waals surface area contributed by atoms with Crippen LogP contribution in [0.15, 0.2) is 30.3 Å². The van der Waals surface area contributed by atoms with E-state index < -0.39 is 0 Å². The molecule has 8 nitrogen and oxygen atoms in total. The lowest BCUT2D eigenvalue weighted by Gasteiger charge is -2.28. The average molecular weight is 370 g/mol. The maximum atomic E-state index is 12.0. The minimum absolute atomic E-state index is 0.223. The van der Waals surface area contributed by atoms with Gasteiger partial charge in [-0.2, -0.15) is 0 Å². The number of para-hydroxylation sites is 1. The fourth-order valence-corrected chi connectivity index (χ4v) is 2.84. The Labute approximate surface area is 159 Å². The maximum absolute atomic E-state index is 12.0. The molecule has 1 saturated heterocycles. The van der Waals surface area contributed by atoms with Gasteiger partial charge in [-0.25, -0.2) is 14.8 Å². The van der Waals surface area contributed by atoms with Crippen LogP contribution in [0.4, 0.5) is 22.1 Å². The van der Waals surface area contributed by atoms with Crippen LogP contribution in [0.25, 0.3) is 0 Å². The van der Waals surface area contributed by atoms with E-state index in [-0.39, 0.29) is 6.03 Å². The molecule has 0 saturated carbocycles. The molecule has 8 heteroatoms. The van der Waals surface area contributed by atoms with Crippen molar-refractivity contribution in [3.05, 3.63) is 41.7 Å². The van der Waals surface area contributed by atoms with Crippen molar-refractivity contribution in [1.29, 1.82) is 0 Å². The first kappa shape index (κ1) is 18.9. The van der Waals surface area contributed by atoms with Crippen molar-refractivity contribution in [2.45, 2.75) is 13.8 Å². The number of ether oxygens (including phenoxy) is 1. The summed E-state index contributed by atoms with van der Waals surface area (Å²) in [5.74, 6) is 2.37. The van der Waals surface area contributed by atoms with Gasteiger partial charge in [0.2, 0.25) is 0 Å². The molecular formula is C19H26N6O2. The standard InChI is InChI=1S/C19H26N6O2/c1-14-5-3-4-6-16(14)24-19(26)21-8-7-20-17-13-18(23-15(2)22-17)25-9-11-27-12-10-25/h3-6,13H,7-12H2,1-2H3,(H,20,22,23)(H2,21,24,26). The number of aromatic nitrogens is 2. The Morgan fingerprint density at radius 3 is 2.70 bits per heavy atom. The van der Waals surface area contributed by atoms with Gasteiger partial charge < -0.3 is 25.6 Å². The molecule has 3 N–H and O–H groups in total. The van der Waals surface area contributed by atoms with E-state index in [1.807, 2.05) is 44.2 Å². The number of nitrogens with one attached hydrogen (secondary N) is 3. The van der Waals surface area contributed by atoms with Crippen molar-refractivity contribution in [2.75, 3.05) is 54.9 Å². The van der Waals surface area contributed by atoms with Gasteiger partial charge in [-0.15, -0.1) is 0 Å². The van der Waals surface area contributed by atoms with Crippen LogP contribution in [0.5, 0.6) is 0 Å². The number of anilines is 3. The number of urea groups is 1. The summed E-state index contributed by atoms with van der Waals surface area (Å²) in [5, 5.41) is 8.93. The number of aryl methyl sites for hydroxylation is 2. The summed E-state index contributed by atoms with van der Waals surface area (Å²) in [4.78, 5) is 23.1. The molecule has 1 aromatic heterocycles. The summed E-state index contributed by atoms with van der Waals surface area (Å²) >= 11 is 0. The number of amides is 2. The first-order valence-electron chi connectivity index (χ1n) is 9.14. The molecule has 1 aromatic carbocycles. The number of carbonyl (C=O) groups excluding carboxylic acids is 1. The lowest BCUT2D eigenvalue weighted by Crippen LogP contribution is -2.37. The topological polar surface area (TPSA) is 91.4 Å². The predicted octanol–water partition coefficient (Wildman–Crippen LogP) is 2.16. The van der Waals surface area contributed by atoms with Crippen LogP contribution < -0.4 is 20.9 Å². The number of morpholine rings is 1. The zero-order chi connectivity index (χ0) is 19.1. The van der Waals surface area contributed by atoms with E-state index in [9.17, 15) is 4.79 Å². The molecule has 1 aliphatic rings. The summed E-state index contributed by atoms with van der Waals surface area (Å²) in [7, 11) is 0. The molecule has 144 valence electrons. The number of benzene rings is 1. The summed E-state index contributed by atoms with van der Waals surface area (Å²) in [6.07, 6.45) is 0. The molecule has 0 aliphatic carbocycles. The van der Waals surface area contributed by atoms with Crippen LogP contribution in [-0.2, 0) is 4.74 Å². The minimum Gasteiger partial charge on any atom is -0.378 e. The molecule has 2 amide bonds. The maximum Gasteiger partial charge on any atom is 0.319 e. The smallest absolute Gasteiger partial charge is 0.319 e. The van der Waals surface area contributed by atoms with Crippen LogP contribution in [-0.4, -0.2) is 55.4 Å². The van der Waals surface area contributed by atoms with E-state index in [4.69, 9.17) is 4.74 Å². The van der Waals surface area contributed by atoms with Gasteiger partial charge in [-0.3, -0.25) is 0 Å². The van der Waals surface area contributed by atoms with Crippen molar-refractivity contribution in [3.8, 4) is 0 Å². The minimum atomic E-state index is -0.223. The predicted molar refractivity (Wildman–Crippen MR) is 106 cm³/mol. The number of hydrogen-bond donors (Lipinski definition) is 3. The van der Waals surface area contributed by atoms with E-state index in [1.54, 1.807) is 0 Å². The third-order valence-corrected chi connectivity index (χ3v) is 4.27. The summed E-state index contributed by atoms with van der Waals surface area (Å²) in [5.41, 5.74) is 1.84. The molecule has 1 aliphatic heterocycles. The number of nitrogens with zero attached hydrogens (tertiary/aromatic N) is 3. The van der Waals surface area contributed by atoms with Gasteiger partial charge in [0.15, 0.2) is 0 Å². The first-order chi connectivity index (χ1) is 13.1. The summed E-state index contributed by atoms with van der Waals surface area (Å²) in [6, 6.07) is 9.39. The Morgan fingerprint density at radius 2 is 1.93 bits per heavy atom. The molecule has 1 fully saturated rings. The third-order valence-electron chi connectivity index (χ3n) is 4.27. The van der Waals surface area contributed by atoms with Gasteiger partial charge in [0, 0.05) is 37.9 Å². The van der Waals surface area contributed by atoms with E-state index in [1.165, 1.54) is 0 Å². The zero-order valence-electron chi connectivity index (χ0n) is 15.8. The quantitative estimate of drug-likeness (QED) is 0.675. The summed E-state index contributed by atoms with van der Waals surface area (Å²) < 4.78 is 5.39. The van der Waals surface area contributed by atoms with Crippen LogP contribution in [0.2, 0.25) is 0 Å². The molecule has 27 heavy (non-hydrogen) atoms. The second-order valence-corrected chi connectivity index (χ2v) is 6.38. The second-order valence-electron chi connectivity index (χ2n) is 6.38. The lowest BCUT2D eigenvalue weighted by atomic mass is 10.2. The molecule has 3 rings (SSSR count). The molecule has 0 bridgehead atoms. The van der Waals surface area contributed by atoms with Crippen LogP contribution in [0, 0.1) is 13.8 Å². The van der Waals surface area contributed by atoms with Gasteiger partial charge >= 0.3 is 6.03 Å². The van der Waals surface area contributed by atoms with Gasteiger partial charge in [-0.05, 0) is 25.5 Å². The van der Waals surface area contributed by atoms with Gasteiger partial charge in [-0.1, -0.05) is 18.2 Å². The Bertz CT molecular complexity index is 777. The van der Waals surface area contributed by atoms with Crippen molar-refractivity contribution < 1.29 is 9.53 Å². The molecule has 2 heterocycles. The second kappa shape index (κ2) is 9.18. The van der Waals surface area contributed by atoms with Crippen LogP contribution in [0.1, 0.15) is 11.4 Å². The highest BCUT2D eigenvalue weighted by atomic mass is 16.5. The Hall–Kier alpha value is -2.87. The highest BCUT2D eigenvalue weighted by Gasteiger charge is 2.14. The van der Waals surface area contributed by atoms with Crippen LogP contribution >= 0.6 is 0 Å². The number of carbonyl (C=O) groups is 1. The van der Waals surface area contributed by atoms with Gasteiger partial charge in [0.1, 0.15) is 17.5 Å². The van der Waals surface area contributed by atoms with Gasteiger partial charge in [0.25, 0.3) is 0 Å². The molecule has 0 atom stereocenters. The van der Waals surface area contributed by atoms with Gasteiger partial charge in [0.05, 0.1) is 13.2 Å². The SMILES string of the molecule is Cc1nc(NCCNC(=O)Nc2ccccc2C)cc(N2CCOCC2)n1. The Kier molecular flexibility index (Phi) is 6.43. The molecule has 0 spiro atoms. The fourth-order valence-electron chi connectivity index (χ4n) is 2.84. The largest absolute Gasteiger partial charge is 0.378 e. The van der Waals surface area contributed by atoms with E-state index >= 15 is 0 Å². The summed E-state index contributed by atoms with van der Waals surface area (Å²) in [6.45, 7) is 7.97. The van der Waals surface area contributed by atoms with Crippen molar-refractivity contribution >= 4 is 23.4 Å².